The highest BCUT2D eigenvalue weighted by molar-refractivity contribution is 5.96. The third kappa shape index (κ3) is 3.01. The van der Waals surface area contributed by atoms with Crippen LogP contribution in [-0.2, 0) is 0 Å². The Labute approximate surface area is 137 Å². The zero-order chi connectivity index (χ0) is 16.4. The molecule has 0 saturated carbocycles. The Morgan fingerprint density at radius 3 is 2.70 bits per heavy atom. The van der Waals surface area contributed by atoms with Gasteiger partial charge in [0.1, 0.15) is 5.82 Å². The van der Waals surface area contributed by atoms with Crippen LogP contribution in [0.5, 0.6) is 0 Å². The van der Waals surface area contributed by atoms with Crippen molar-refractivity contribution in [1.29, 1.82) is 0 Å². The molecular formula is C18H24N4O. The molecule has 0 aliphatic carbocycles. The van der Waals surface area contributed by atoms with Crippen LogP contribution >= 0.6 is 0 Å². The Balaban J connectivity index is 1.90. The molecule has 0 spiro atoms. The third-order valence-electron chi connectivity index (χ3n) is 4.72. The van der Waals surface area contributed by atoms with Gasteiger partial charge < -0.3 is 14.8 Å². The summed E-state index contributed by atoms with van der Waals surface area (Å²) in [4.78, 5) is 19.2. The summed E-state index contributed by atoms with van der Waals surface area (Å²) in [5, 5.41) is 3.34. The minimum Gasteiger partial charge on any atom is -0.339 e. The molecule has 0 aromatic carbocycles. The summed E-state index contributed by atoms with van der Waals surface area (Å²) < 4.78 is 2.05. The van der Waals surface area contributed by atoms with Crippen LogP contribution in [-0.4, -0.2) is 46.5 Å². The van der Waals surface area contributed by atoms with Crippen molar-refractivity contribution in [2.75, 3.05) is 20.1 Å². The van der Waals surface area contributed by atoms with Crippen molar-refractivity contribution >= 4 is 5.91 Å². The molecule has 1 aliphatic rings. The number of carbonyl (C=O) groups excluding carboxylic acids is 1. The van der Waals surface area contributed by atoms with Crippen LogP contribution in [0.2, 0.25) is 0 Å². The predicted octanol–water partition coefficient (Wildman–Crippen LogP) is 2.31. The highest BCUT2D eigenvalue weighted by Crippen LogP contribution is 2.22. The van der Waals surface area contributed by atoms with Crippen LogP contribution in [0.3, 0.4) is 0 Å². The number of aromatic nitrogens is 2. The van der Waals surface area contributed by atoms with Crippen molar-refractivity contribution in [1.82, 2.24) is 19.8 Å². The van der Waals surface area contributed by atoms with E-state index in [1.165, 1.54) is 0 Å². The lowest BCUT2D eigenvalue weighted by molar-refractivity contribution is 0.0702. The van der Waals surface area contributed by atoms with Crippen molar-refractivity contribution in [3.05, 3.63) is 47.4 Å². The van der Waals surface area contributed by atoms with Crippen LogP contribution in [0.15, 0.2) is 30.5 Å². The molecule has 5 heteroatoms. The van der Waals surface area contributed by atoms with Crippen LogP contribution in [0.25, 0.3) is 5.82 Å². The first kappa shape index (κ1) is 15.7. The molecule has 23 heavy (non-hydrogen) atoms. The molecule has 1 saturated heterocycles. The van der Waals surface area contributed by atoms with Gasteiger partial charge in [0.25, 0.3) is 5.91 Å². The average Bonchev–Trinajstić information content (AvgIpc) is 2.89. The lowest BCUT2D eigenvalue weighted by Crippen LogP contribution is -2.44. The monoisotopic (exact) mass is 312 g/mol. The van der Waals surface area contributed by atoms with Crippen LogP contribution in [0.4, 0.5) is 0 Å². The molecule has 1 amide bonds. The summed E-state index contributed by atoms with van der Waals surface area (Å²) in [6.45, 7) is 5.97. The molecule has 2 aromatic heterocycles. The van der Waals surface area contributed by atoms with Gasteiger partial charge in [-0.1, -0.05) is 6.07 Å². The lowest BCUT2D eigenvalue weighted by atomic mass is 10.0. The number of nitrogens with zero attached hydrogens (tertiary/aromatic N) is 3. The maximum absolute atomic E-state index is 12.9. The van der Waals surface area contributed by atoms with Gasteiger partial charge in [-0.15, -0.1) is 0 Å². The molecule has 1 N–H and O–H groups in total. The van der Waals surface area contributed by atoms with E-state index >= 15 is 0 Å². The molecule has 0 atom stereocenters. The van der Waals surface area contributed by atoms with Gasteiger partial charge in [0.05, 0.1) is 5.56 Å². The summed E-state index contributed by atoms with van der Waals surface area (Å²) in [7, 11) is 1.92. The van der Waals surface area contributed by atoms with Crippen molar-refractivity contribution in [3.63, 3.8) is 0 Å². The minimum atomic E-state index is 0.104. The predicted molar refractivity (Wildman–Crippen MR) is 91.0 cm³/mol. The number of rotatable bonds is 3. The number of nitrogens with one attached hydrogen (secondary N) is 1. The second-order valence-electron chi connectivity index (χ2n) is 6.21. The summed E-state index contributed by atoms with van der Waals surface area (Å²) >= 11 is 0. The molecule has 1 aliphatic heterocycles. The van der Waals surface area contributed by atoms with Gasteiger partial charge in [0, 0.05) is 30.7 Å². The quantitative estimate of drug-likeness (QED) is 0.946. The van der Waals surface area contributed by atoms with Gasteiger partial charge in [-0.2, -0.15) is 0 Å². The Kier molecular flexibility index (Phi) is 4.48. The second kappa shape index (κ2) is 6.54. The van der Waals surface area contributed by atoms with Gasteiger partial charge in [0.15, 0.2) is 0 Å². The standard InChI is InChI=1S/C18H24N4O/c1-13-12-16(14(2)22(13)17-6-4-5-9-20-17)18(23)21(3)15-7-10-19-11-8-15/h4-6,9,12,15,19H,7-8,10-11H2,1-3H3. The normalized spacial score (nSPS) is 15.6. The summed E-state index contributed by atoms with van der Waals surface area (Å²) in [5.41, 5.74) is 2.75. The van der Waals surface area contributed by atoms with Gasteiger partial charge in [0.2, 0.25) is 0 Å². The lowest BCUT2D eigenvalue weighted by Gasteiger charge is -2.31. The molecule has 2 aromatic rings. The number of hydrogen-bond donors (Lipinski definition) is 1. The van der Waals surface area contributed by atoms with E-state index in [0.29, 0.717) is 6.04 Å². The second-order valence-corrected chi connectivity index (χ2v) is 6.21. The maximum Gasteiger partial charge on any atom is 0.255 e. The van der Waals surface area contributed by atoms with Crippen LogP contribution < -0.4 is 5.32 Å². The Bertz CT molecular complexity index is 687. The molecule has 5 nitrogen and oxygen atoms in total. The first-order valence-corrected chi connectivity index (χ1v) is 8.18. The van der Waals surface area contributed by atoms with Gasteiger partial charge >= 0.3 is 0 Å². The maximum atomic E-state index is 12.9. The molecular weight excluding hydrogens is 288 g/mol. The van der Waals surface area contributed by atoms with E-state index in [2.05, 4.69) is 10.3 Å². The Morgan fingerprint density at radius 1 is 1.30 bits per heavy atom. The number of piperidine rings is 1. The van der Waals surface area contributed by atoms with Crippen LogP contribution in [0.1, 0.15) is 34.6 Å². The number of hydrogen-bond acceptors (Lipinski definition) is 3. The van der Waals surface area contributed by atoms with E-state index in [0.717, 1.165) is 48.7 Å². The highest BCUT2D eigenvalue weighted by atomic mass is 16.2. The fraction of sp³-hybridized carbons (Fsp3) is 0.444. The van der Waals surface area contributed by atoms with Crippen molar-refractivity contribution in [2.24, 2.45) is 0 Å². The van der Waals surface area contributed by atoms with Gasteiger partial charge in [-0.25, -0.2) is 4.98 Å². The first-order valence-electron chi connectivity index (χ1n) is 8.18. The fourth-order valence-corrected chi connectivity index (χ4v) is 3.37. The van der Waals surface area contributed by atoms with Gasteiger partial charge in [-0.3, -0.25) is 4.79 Å². The minimum absolute atomic E-state index is 0.104. The van der Waals surface area contributed by atoms with E-state index in [1.54, 1.807) is 6.20 Å². The first-order chi connectivity index (χ1) is 11.1. The Hall–Kier alpha value is -2.14. The number of carbonyl (C=O) groups is 1. The SMILES string of the molecule is Cc1cc(C(=O)N(C)C2CCNCC2)c(C)n1-c1ccccn1. The van der Waals surface area contributed by atoms with Crippen LogP contribution in [0, 0.1) is 13.8 Å². The molecule has 0 bridgehead atoms. The summed E-state index contributed by atoms with van der Waals surface area (Å²) in [6, 6.07) is 8.12. The molecule has 3 rings (SSSR count). The average molecular weight is 312 g/mol. The number of amides is 1. The van der Waals surface area contributed by atoms with E-state index < -0.39 is 0 Å². The van der Waals surface area contributed by atoms with E-state index in [1.807, 2.05) is 54.6 Å². The zero-order valence-electron chi connectivity index (χ0n) is 14.0. The molecule has 122 valence electrons. The summed E-state index contributed by atoms with van der Waals surface area (Å²) in [5.74, 6) is 0.957. The van der Waals surface area contributed by atoms with Crippen molar-refractivity contribution in [2.45, 2.75) is 32.7 Å². The fourth-order valence-electron chi connectivity index (χ4n) is 3.37. The van der Waals surface area contributed by atoms with E-state index in [-0.39, 0.29) is 5.91 Å². The number of pyridine rings is 1. The van der Waals surface area contributed by atoms with Crippen molar-refractivity contribution < 1.29 is 4.79 Å². The molecule has 0 radical (unpaired) electrons. The van der Waals surface area contributed by atoms with Crippen molar-refractivity contribution in [3.8, 4) is 5.82 Å². The third-order valence-corrected chi connectivity index (χ3v) is 4.72. The van der Waals surface area contributed by atoms with Gasteiger partial charge in [-0.05, 0) is 58.0 Å². The Morgan fingerprint density at radius 2 is 2.04 bits per heavy atom. The number of aryl methyl sites for hydroxylation is 1. The molecule has 1 fully saturated rings. The van der Waals surface area contributed by atoms with E-state index in [9.17, 15) is 4.79 Å². The molecule has 0 unspecified atom stereocenters. The smallest absolute Gasteiger partial charge is 0.255 e. The molecule has 3 heterocycles. The largest absolute Gasteiger partial charge is 0.339 e. The zero-order valence-corrected chi connectivity index (χ0v) is 14.0. The van der Waals surface area contributed by atoms with E-state index in [4.69, 9.17) is 0 Å². The highest BCUT2D eigenvalue weighted by Gasteiger charge is 2.26. The topological polar surface area (TPSA) is 50.2 Å². The summed E-state index contributed by atoms with van der Waals surface area (Å²) in [6.07, 6.45) is 3.80.